The summed E-state index contributed by atoms with van der Waals surface area (Å²) < 4.78 is 38.3. The van der Waals surface area contributed by atoms with E-state index in [1.54, 1.807) is 13.8 Å². The average molecular weight is 297 g/mol. The van der Waals surface area contributed by atoms with Crippen LogP contribution < -0.4 is 10.9 Å². The Morgan fingerprint density at radius 2 is 2.05 bits per heavy atom. The maximum atomic E-state index is 12.6. The van der Waals surface area contributed by atoms with Crippen molar-refractivity contribution in [1.29, 1.82) is 0 Å². The number of hydrogen-bond donors (Lipinski definition) is 1. The molecule has 0 spiro atoms. The number of alkyl halides is 3. The Labute approximate surface area is 112 Å². The summed E-state index contributed by atoms with van der Waals surface area (Å²) in [6, 6.07) is 0.366. The van der Waals surface area contributed by atoms with Crippen LogP contribution in [0, 0.1) is 0 Å². The highest BCUT2D eigenvalue weighted by Crippen LogP contribution is 2.29. The SMILES string of the molecule is CC(C)NC(=O)Cn1cc(C(F)(F)F)cc(Cl)c1=O. The number of rotatable bonds is 3. The molecule has 0 bridgehead atoms. The van der Waals surface area contributed by atoms with Crippen molar-refractivity contribution in [2.45, 2.75) is 32.6 Å². The topological polar surface area (TPSA) is 51.1 Å². The first-order chi connectivity index (χ1) is 8.61. The smallest absolute Gasteiger partial charge is 0.352 e. The third-order valence-electron chi connectivity index (χ3n) is 2.13. The largest absolute Gasteiger partial charge is 0.417 e. The van der Waals surface area contributed by atoms with Crippen molar-refractivity contribution in [2.75, 3.05) is 0 Å². The lowest BCUT2D eigenvalue weighted by Gasteiger charge is -2.13. The number of nitrogens with one attached hydrogen (secondary N) is 1. The number of carbonyl (C=O) groups excluding carboxylic acids is 1. The highest BCUT2D eigenvalue weighted by atomic mass is 35.5. The number of halogens is 4. The van der Waals surface area contributed by atoms with E-state index in [1.807, 2.05) is 0 Å². The lowest BCUT2D eigenvalue weighted by Crippen LogP contribution is -2.36. The van der Waals surface area contributed by atoms with Crippen molar-refractivity contribution in [3.05, 3.63) is 33.2 Å². The van der Waals surface area contributed by atoms with Crippen LogP contribution in [0.3, 0.4) is 0 Å². The number of nitrogens with zero attached hydrogens (tertiary/aromatic N) is 1. The van der Waals surface area contributed by atoms with Crippen LogP contribution in [-0.4, -0.2) is 16.5 Å². The number of aromatic nitrogens is 1. The molecule has 1 amide bonds. The monoisotopic (exact) mass is 296 g/mol. The standard InChI is InChI=1S/C11H12ClF3N2O2/c1-6(2)16-9(18)5-17-4-7(11(13,14)15)3-8(12)10(17)19/h3-4,6H,5H2,1-2H3,(H,16,18). The summed E-state index contributed by atoms with van der Waals surface area (Å²) in [6.07, 6.45) is -4.05. The molecule has 1 aromatic heterocycles. The van der Waals surface area contributed by atoms with Crippen molar-refractivity contribution >= 4 is 17.5 Å². The van der Waals surface area contributed by atoms with E-state index in [9.17, 15) is 22.8 Å². The predicted molar refractivity (Wildman–Crippen MR) is 64.0 cm³/mol. The predicted octanol–water partition coefficient (Wildman–Crippen LogP) is 2.05. The van der Waals surface area contributed by atoms with Gasteiger partial charge >= 0.3 is 6.18 Å². The van der Waals surface area contributed by atoms with Gasteiger partial charge in [-0.05, 0) is 19.9 Å². The van der Waals surface area contributed by atoms with Crippen molar-refractivity contribution in [3.63, 3.8) is 0 Å². The first-order valence-corrected chi connectivity index (χ1v) is 5.75. The number of amides is 1. The van der Waals surface area contributed by atoms with Gasteiger partial charge in [-0.3, -0.25) is 9.59 Å². The van der Waals surface area contributed by atoms with Crippen LogP contribution in [0.15, 0.2) is 17.1 Å². The Hall–Kier alpha value is -1.50. The summed E-state index contributed by atoms with van der Waals surface area (Å²) >= 11 is 5.45. The summed E-state index contributed by atoms with van der Waals surface area (Å²) in [6.45, 7) is 2.88. The van der Waals surface area contributed by atoms with Crippen LogP contribution >= 0.6 is 11.6 Å². The molecule has 0 aliphatic carbocycles. The van der Waals surface area contributed by atoms with E-state index in [0.717, 1.165) is 0 Å². The van der Waals surface area contributed by atoms with Crippen LogP contribution in [-0.2, 0) is 17.5 Å². The van der Waals surface area contributed by atoms with Gasteiger partial charge in [0.15, 0.2) is 0 Å². The number of hydrogen-bond acceptors (Lipinski definition) is 2. The van der Waals surface area contributed by atoms with Gasteiger partial charge in [-0.25, -0.2) is 0 Å². The molecule has 0 aliphatic heterocycles. The highest BCUT2D eigenvalue weighted by Gasteiger charge is 2.32. The van der Waals surface area contributed by atoms with Gasteiger partial charge in [0.05, 0.1) is 5.56 Å². The molecule has 106 valence electrons. The molecule has 1 aromatic rings. The van der Waals surface area contributed by atoms with Crippen LogP contribution in [0.25, 0.3) is 0 Å². The number of pyridine rings is 1. The molecule has 1 rings (SSSR count). The Bertz CT molecular complexity index is 538. The van der Waals surface area contributed by atoms with Crippen LogP contribution in [0.4, 0.5) is 13.2 Å². The molecule has 1 heterocycles. The minimum atomic E-state index is -4.63. The first-order valence-electron chi connectivity index (χ1n) is 5.38. The van der Waals surface area contributed by atoms with Crippen LogP contribution in [0.2, 0.25) is 5.02 Å². The fourth-order valence-corrected chi connectivity index (χ4v) is 1.62. The van der Waals surface area contributed by atoms with Crippen molar-refractivity contribution < 1.29 is 18.0 Å². The lowest BCUT2D eigenvalue weighted by atomic mass is 10.2. The summed E-state index contributed by atoms with van der Waals surface area (Å²) in [5.41, 5.74) is -1.91. The highest BCUT2D eigenvalue weighted by molar-refractivity contribution is 6.30. The zero-order valence-corrected chi connectivity index (χ0v) is 11.0. The Kier molecular flexibility index (Phi) is 4.62. The van der Waals surface area contributed by atoms with Gasteiger partial charge in [0.1, 0.15) is 11.6 Å². The van der Waals surface area contributed by atoms with Crippen molar-refractivity contribution in [2.24, 2.45) is 0 Å². The van der Waals surface area contributed by atoms with Crippen LogP contribution in [0.5, 0.6) is 0 Å². The normalized spacial score (nSPS) is 11.7. The van der Waals surface area contributed by atoms with E-state index in [-0.39, 0.29) is 6.04 Å². The van der Waals surface area contributed by atoms with E-state index in [0.29, 0.717) is 16.8 Å². The summed E-state index contributed by atoms with van der Waals surface area (Å²) in [7, 11) is 0. The fraction of sp³-hybridized carbons (Fsp3) is 0.455. The summed E-state index contributed by atoms with van der Waals surface area (Å²) in [5, 5.41) is 1.90. The maximum Gasteiger partial charge on any atom is 0.417 e. The third-order valence-corrected chi connectivity index (χ3v) is 2.40. The van der Waals surface area contributed by atoms with Gasteiger partial charge in [-0.2, -0.15) is 13.2 Å². The molecule has 0 radical (unpaired) electrons. The van der Waals surface area contributed by atoms with Crippen molar-refractivity contribution in [1.82, 2.24) is 9.88 Å². The molecular formula is C11H12ClF3N2O2. The second-order valence-corrected chi connectivity index (χ2v) is 4.64. The first kappa shape index (κ1) is 15.6. The second-order valence-electron chi connectivity index (χ2n) is 4.23. The molecular weight excluding hydrogens is 285 g/mol. The Balaban J connectivity index is 3.10. The van der Waals surface area contributed by atoms with E-state index in [1.165, 1.54) is 0 Å². The quantitative estimate of drug-likeness (QED) is 0.928. The van der Waals surface area contributed by atoms with Gasteiger partial charge in [-0.15, -0.1) is 0 Å². The van der Waals surface area contributed by atoms with Gasteiger partial charge in [0, 0.05) is 12.2 Å². The maximum absolute atomic E-state index is 12.6. The van der Waals surface area contributed by atoms with Crippen molar-refractivity contribution in [3.8, 4) is 0 Å². The van der Waals surface area contributed by atoms with Gasteiger partial charge in [0.25, 0.3) is 5.56 Å². The van der Waals surface area contributed by atoms with Gasteiger partial charge in [0.2, 0.25) is 5.91 Å². The second kappa shape index (κ2) is 5.64. The molecule has 0 atom stereocenters. The molecule has 0 fully saturated rings. The zero-order valence-electron chi connectivity index (χ0n) is 10.2. The fourth-order valence-electron chi connectivity index (χ4n) is 1.39. The molecule has 0 aliphatic rings. The molecule has 1 N–H and O–H groups in total. The number of carbonyl (C=O) groups is 1. The average Bonchev–Trinajstić information content (AvgIpc) is 2.21. The molecule has 0 saturated carbocycles. The molecule has 4 nitrogen and oxygen atoms in total. The Morgan fingerprint density at radius 1 is 1.47 bits per heavy atom. The molecule has 0 saturated heterocycles. The molecule has 0 unspecified atom stereocenters. The molecule has 8 heteroatoms. The lowest BCUT2D eigenvalue weighted by molar-refractivity contribution is -0.138. The molecule has 0 aromatic carbocycles. The Morgan fingerprint density at radius 3 is 2.53 bits per heavy atom. The van der Waals surface area contributed by atoms with E-state index >= 15 is 0 Å². The van der Waals surface area contributed by atoms with E-state index < -0.39 is 34.8 Å². The zero-order chi connectivity index (χ0) is 14.8. The molecule has 19 heavy (non-hydrogen) atoms. The van der Waals surface area contributed by atoms with Gasteiger partial charge < -0.3 is 9.88 Å². The third kappa shape index (κ3) is 4.27. The summed E-state index contributed by atoms with van der Waals surface area (Å²) in [4.78, 5) is 23.0. The van der Waals surface area contributed by atoms with Crippen LogP contribution in [0.1, 0.15) is 19.4 Å². The van der Waals surface area contributed by atoms with E-state index in [2.05, 4.69) is 5.32 Å². The minimum Gasteiger partial charge on any atom is -0.352 e. The minimum absolute atomic E-state index is 0.176. The van der Waals surface area contributed by atoms with Gasteiger partial charge in [-0.1, -0.05) is 11.6 Å². The summed E-state index contributed by atoms with van der Waals surface area (Å²) in [5.74, 6) is -0.563. The van der Waals surface area contributed by atoms with E-state index in [4.69, 9.17) is 11.6 Å².